The first-order chi connectivity index (χ1) is 13.2. The van der Waals surface area contributed by atoms with Crippen molar-refractivity contribution in [1.82, 2.24) is 20.2 Å². The third-order valence-electron chi connectivity index (χ3n) is 4.84. The molecule has 0 bridgehead atoms. The Morgan fingerprint density at radius 3 is 2.64 bits per heavy atom. The molecular formula is C18H17F3N4O3. The molecule has 1 saturated heterocycles. The Morgan fingerprint density at radius 1 is 1.18 bits per heavy atom. The highest BCUT2D eigenvalue weighted by Gasteiger charge is 2.38. The second-order valence-corrected chi connectivity index (χ2v) is 6.98. The molecule has 7 nitrogen and oxygen atoms in total. The van der Waals surface area contributed by atoms with Crippen LogP contribution in [0.5, 0.6) is 0 Å². The molecule has 0 spiro atoms. The van der Waals surface area contributed by atoms with Crippen molar-refractivity contribution in [3.05, 3.63) is 40.5 Å². The number of carbonyl (C=O) groups excluding carboxylic acids is 1. The molecule has 28 heavy (non-hydrogen) atoms. The molecule has 0 unspecified atom stereocenters. The number of alkyl halides is 3. The fraction of sp³-hybridized carbons (Fsp3) is 0.444. The summed E-state index contributed by atoms with van der Waals surface area (Å²) in [5, 5.41) is 7.47. The zero-order valence-electron chi connectivity index (χ0n) is 15.2. The molecule has 148 valence electrons. The number of hydrogen-bond donors (Lipinski definition) is 0. The molecule has 1 aliphatic heterocycles. The van der Waals surface area contributed by atoms with E-state index in [2.05, 4.69) is 15.3 Å². The Bertz CT molecular complexity index is 1040. The van der Waals surface area contributed by atoms with Gasteiger partial charge in [-0.1, -0.05) is 10.3 Å². The van der Waals surface area contributed by atoms with E-state index in [1.807, 2.05) is 0 Å². The summed E-state index contributed by atoms with van der Waals surface area (Å²) >= 11 is 0. The van der Waals surface area contributed by atoms with Gasteiger partial charge < -0.3 is 13.9 Å². The zero-order chi connectivity index (χ0) is 20.1. The average molecular weight is 394 g/mol. The van der Waals surface area contributed by atoms with Crippen molar-refractivity contribution in [2.75, 3.05) is 13.1 Å². The molecule has 1 aliphatic rings. The SMILES string of the molecule is Cc1cc(C(=O)N2CCC[C@@H](c3noc4nc(C)cc(C(F)(F)F)c34)C2)on1. The Kier molecular flexibility index (Phi) is 4.35. The Hall–Kier alpha value is -2.91. The van der Waals surface area contributed by atoms with Crippen LogP contribution in [0.15, 0.2) is 21.2 Å². The maximum atomic E-state index is 13.6. The summed E-state index contributed by atoms with van der Waals surface area (Å²) in [5.41, 5.74) is -0.00222. The average Bonchev–Trinajstić information content (AvgIpc) is 3.26. The number of piperidine rings is 1. The van der Waals surface area contributed by atoms with Gasteiger partial charge in [-0.05, 0) is 32.8 Å². The summed E-state index contributed by atoms with van der Waals surface area (Å²) in [5.74, 6) is -0.631. The van der Waals surface area contributed by atoms with Gasteiger partial charge in [0.1, 0.15) is 0 Å². The Labute approximate surface area is 157 Å². The number of amides is 1. The first-order valence-corrected chi connectivity index (χ1v) is 8.80. The molecular weight excluding hydrogens is 377 g/mol. The predicted octanol–water partition coefficient (Wildman–Crippen LogP) is 3.87. The van der Waals surface area contributed by atoms with Crippen LogP contribution in [0.1, 0.15) is 52.0 Å². The number of fused-ring (bicyclic) bond motifs is 1. The van der Waals surface area contributed by atoms with Crippen molar-refractivity contribution in [3.63, 3.8) is 0 Å². The van der Waals surface area contributed by atoms with Gasteiger partial charge in [-0.2, -0.15) is 13.2 Å². The van der Waals surface area contributed by atoms with E-state index < -0.39 is 17.7 Å². The molecule has 0 N–H and O–H groups in total. The number of carbonyl (C=O) groups is 1. The van der Waals surface area contributed by atoms with Gasteiger partial charge in [0.05, 0.1) is 22.3 Å². The lowest BCUT2D eigenvalue weighted by atomic mass is 9.91. The first-order valence-electron chi connectivity index (χ1n) is 8.80. The number of pyridine rings is 1. The molecule has 10 heteroatoms. The van der Waals surface area contributed by atoms with E-state index in [0.717, 1.165) is 6.07 Å². The number of halogens is 3. The van der Waals surface area contributed by atoms with Crippen LogP contribution in [0, 0.1) is 13.8 Å². The maximum Gasteiger partial charge on any atom is 0.417 e. The van der Waals surface area contributed by atoms with Crippen LogP contribution < -0.4 is 0 Å². The zero-order valence-corrected chi connectivity index (χ0v) is 15.2. The molecule has 4 rings (SSSR count). The van der Waals surface area contributed by atoms with Crippen LogP contribution in [0.25, 0.3) is 11.1 Å². The second-order valence-electron chi connectivity index (χ2n) is 6.98. The highest BCUT2D eigenvalue weighted by atomic mass is 19.4. The van der Waals surface area contributed by atoms with Crippen molar-refractivity contribution in [1.29, 1.82) is 0 Å². The van der Waals surface area contributed by atoms with Crippen LogP contribution >= 0.6 is 0 Å². The van der Waals surface area contributed by atoms with Crippen molar-refractivity contribution >= 4 is 17.0 Å². The Balaban J connectivity index is 1.69. The lowest BCUT2D eigenvalue weighted by molar-refractivity contribution is -0.136. The smallest absolute Gasteiger partial charge is 0.351 e. The normalized spacial score (nSPS) is 18.0. The van der Waals surface area contributed by atoms with Gasteiger partial charge in [0.25, 0.3) is 11.6 Å². The monoisotopic (exact) mass is 394 g/mol. The molecule has 1 amide bonds. The van der Waals surface area contributed by atoms with Gasteiger partial charge in [0, 0.05) is 30.8 Å². The van der Waals surface area contributed by atoms with E-state index in [0.29, 0.717) is 25.1 Å². The molecule has 0 saturated carbocycles. The van der Waals surface area contributed by atoms with Crippen LogP contribution in [0.4, 0.5) is 13.2 Å². The van der Waals surface area contributed by atoms with E-state index in [1.165, 1.54) is 13.0 Å². The topological polar surface area (TPSA) is 85.3 Å². The van der Waals surface area contributed by atoms with E-state index in [9.17, 15) is 18.0 Å². The van der Waals surface area contributed by atoms with Crippen LogP contribution in [0.3, 0.4) is 0 Å². The molecule has 1 fully saturated rings. The predicted molar refractivity (Wildman–Crippen MR) is 90.7 cm³/mol. The summed E-state index contributed by atoms with van der Waals surface area (Å²) in [6.45, 7) is 3.87. The third kappa shape index (κ3) is 3.23. The van der Waals surface area contributed by atoms with Crippen molar-refractivity contribution in [2.45, 2.75) is 38.8 Å². The van der Waals surface area contributed by atoms with Crippen LogP contribution in [-0.4, -0.2) is 39.2 Å². The fourth-order valence-electron chi connectivity index (χ4n) is 3.60. The first kappa shape index (κ1) is 18.5. The summed E-state index contributed by atoms with van der Waals surface area (Å²) in [7, 11) is 0. The van der Waals surface area contributed by atoms with Crippen LogP contribution in [-0.2, 0) is 6.18 Å². The number of aryl methyl sites for hydroxylation is 2. The third-order valence-corrected chi connectivity index (χ3v) is 4.84. The van der Waals surface area contributed by atoms with Gasteiger partial charge in [0.15, 0.2) is 0 Å². The number of hydrogen-bond acceptors (Lipinski definition) is 6. The van der Waals surface area contributed by atoms with E-state index >= 15 is 0 Å². The quantitative estimate of drug-likeness (QED) is 0.656. The lowest BCUT2D eigenvalue weighted by Gasteiger charge is -2.31. The van der Waals surface area contributed by atoms with E-state index in [-0.39, 0.29) is 40.7 Å². The van der Waals surface area contributed by atoms with Gasteiger partial charge >= 0.3 is 6.18 Å². The summed E-state index contributed by atoms with van der Waals surface area (Å²) < 4.78 is 50.8. The van der Waals surface area contributed by atoms with E-state index in [4.69, 9.17) is 9.05 Å². The molecule has 0 radical (unpaired) electrons. The minimum Gasteiger partial charge on any atom is -0.351 e. The standard InChI is InChI=1S/C18H17F3N4O3/c1-9-6-12(18(19,20)21)14-15(24-28-16(14)22-9)11-4-3-5-25(8-11)17(26)13-7-10(2)23-27-13/h6-7,11H,3-5,8H2,1-2H3/t11-/m1/s1. The number of aromatic nitrogens is 3. The summed E-state index contributed by atoms with van der Waals surface area (Å²) in [4.78, 5) is 18.2. The van der Waals surface area contributed by atoms with Gasteiger partial charge in [-0.3, -0.25) is 4.79 Å². The molecule has 0 aliphatic carbocycles. The number of likely N-dealkylation sites (tertiary alicyclic amines) is 1. The fourth-order valence-corrected chi connectivity index (χ4v) is 3.60. The summed E-state index contributed by atoms with van der Waals surface area (Å²) in [6, 6.07) is 2.53. The minimum absolute atomic E-state index is 0.108. The number of rotatable bonds is 2. The van der Waals surface area contributed by atoms with Crippen molar-refractivity contribution in [3.8, 4) is 0 Å². The highest BCUT2D eigenvalue weighted by molar-refractivity contribution is 5.91. The highest BCUT2D eigenvalue weighted by Crippen LogP contribution is 2.40. The van der Waals surface area contributed by atoms with Crippen molar-refractivity contribution in [2.24, 2.45) is 0 Å². The molecule has 3 aromatic heterocycles. The van der Waals surface area contributed by atoms with Gasteiger partial charge in [-0.15, -0.1) is 0 Å². The molecule has 4 heterocycles. The lowest BCUT2D eigenvalue weighted by Crippen LogP contribution is -2.39. The van der Waals surface area contributed by atoms with Gasteiger partial charge in [0.2, 0.25) is 5.76 Å². The number of nitrogens with zero attached hydrogens (tertiary/aromatic N) is 4. The summed E-state index contributed by atoms with van der Waals surface area (Å²) in [6.07, 6.45) is -3.35. The van der Waals surface area contributed by atoms with Crippen molar-refractivity contribution < 1.29 is 27.0 Å². The van der Waals surface area contributed by atoms with Crippen LogP contribution in [0.2, 0.25) is 0 Å². The minimum atomic E-state index is -4.56. The molecule has 1 atom stereocenters. The second kappa shape index (κ2) is 6.61. The van der Waals surface area contributed by atoms with Gasteiger partial charge in [-0.25, -0.2) is 4.98 Å². The molecule has 0 aromatic carbocycles. The Morgan fingerprint density at radius 2 is 1.96 bits per heavy atom. The maximum absolute atomic E-state index is 13.6. The van der Waals surface area contributed by atoms with E-state index in [1.54, 1.807) is 11.8 Å². The molecule has 3 aromatic rings. The largest absolute Gasteiger partial charge is 0.417 e.